The molecule has 25 heavy (non-hydrogen) atoms. The molecule has 2 aromatic rings. The molecule has 1 aliphatic heterocycles. The Labute approximate surface area is 149 Å². The molecule has 0 unspecified atom stereocenters. The molecule has 2 aromatic carbocycles. The molecular weight excluding hydrogens is 338 g/mol. The lowest BCUT2D eigenvalue weighted by Crippen LogP contribution is -2.22. The van der Waals surface area contributed by atoms with E-state index in [1.807, 2.05) is 25.1 Å². The molecule has 0 radical (unpaired) electrons. The molecule has 0 atom stereocenters. The molecule has 0 bridgehead atoms. The van der Waals surface area contributed by atoms with E-state index >= 15 is 0 Å². The van der Waals surface area contributed by atoms with E-state index in [0.29, 0.717) is 0 Å². The molecule has 0 saturated carbocycles. The maximum Gasteiger partial charge on any atom is 0.300 e. The van der Waals surface area contributed by atoms with Gasteiger partial charge in [-0.1, -0.05) is 30.0 Å². The van der Waals surface area contributed by atoms with Crippen LogP contribution in [0.1, 0.15) is 19.4 Å². The van der Waals surface area contributed by atoms with Crippen LogP contribution in [0.5, 0.6) is 0 Å². The highest BCUT2D eigenvalue weighted by Crippen LogP contribution is 2.44. The summed E-state index contributed by atoms with van der Waals surface area (Å²) in [6, 6.07) is 14.4. The van der Waals surface area contributed by atoms with Gasteiger partial charge in [0.2, 0.25) is 5.96 Å². The number of anilines is 2. The number of nitrogens with two attached hydrogens (primary N) is 2. The number of carboxylic acids is 1. The Balaban J connectivity index is 0.000000511. The summed E-state index contributed by atoms with van der Waals surface area (Å²) in [6.07, 6.45) is 0. The molecule has 8 heteroatoms. The van der Waals surface area contributed by atoms with E-state index in [1.54, 1.807) is 11.8 Å². The van der Waals surface area contributed by atoms with Gasteiger partial charge < -0.3 is 21.9 Å². The smallest absolute Gasteiger partial charge is 0.300 e. The van der Waals surface area contributed by atoms with Crippen LogP contribution in [0.2, 0.25) is 0 Å². The molecule has 0 amide bonds. The zero-order valence-electron chi connectivity index (χ0n) is 13.9. The number of carbonyl (C=O) groups is 1. The van der Waals surface area contributed by atoms with Crippen LogP contribution < -0.4 is 16.8 Å². The van der Waals surface area contributed by atoms with E-state index in [4.69, 9.17) is 21.4 Å². The van der Waals surface area contributed by atoms with Gasteiger partial charge in [-0.15, -0.1) is 5.10 Å². The first-order valence-electron chi connectivity index (χ1n) is 7.38. The molecule has 0 aromatic heterocycles. The van der Waals surface area contributed by atoms with Crippen molar-refractivity contribution < 1.29 is 9.90 Å². The van der Waals surface area contributed by atoms with E-state index in [9.17, 15) is 0 Å². The summed E-state index contributed by atoms with van der Waals surface area (Å²) in [7, 11) is 0. The van der Waals surface area contributed by atoms with Crippen molar-refractivity contribution in [2.45, 2.75) is 23.6 Å². The zero-order valence-corrected chi connectivity index (χ0v) is 14.7. The Hall–Kier alpha value is -3.00. The van der Waals surface area contributed by atoms with E-state index < -0.39 is 5.97 Å². The normalized spacial score (nSPS) is 11.8. The second-order valence-electron chi connectivity index (χ2n) is 5.16. The lowest BCUT2D eigenvalue weighted by molar-refractivity contribution is -0.134. The highest BCUT2D eigenvalue weighted by molar-refractivity contribution is 7.99. The van der Waals surface area contributed by atoms with Gasteiger partial charge in [0.15, 0.2) is 0 Å². The zero-order chi connectivity index (χ0) is 18.4. The molecule has 0 aliphatic carbocycles. The SMILES string of the molecule is C/C(=N\N=C(N)N)c1ccc2c(c1)Nc1ccccc1S2.CC(=O)O. The number of hydrogen-bond donors (Lipinski definition) is 4. The van der Waals surface area contributed by atoms with Crippen molar-refractivity contribution in [1.29, 1.82) is 0 Å². The number of carboxylic acid groups (broad SMARTS) is 1. The van der Waals surface area contributed by atoms with Crippen molar-refractivity contribution in [2.75, 3.05) is 5.32 Å². The van der Waals surface area contributed by atoms with E-state index in [2.05, 4.69) is 39.8 Å². The van der Waals surface area contributed by atoms with E-state index in [-0.39, 0.29) is 5.96 Å². The Morgan fingerprint density at radius 2 is 1.68 bits per heavy atom. The number of nitrogens with one attached hydrogen (secondary N) is 1. The Bertz CT molecular complexity index is 841. The number of nitrogens with zero attached hydrogens (tertiary/aromatic N) is 2. The summed E-state index contributed by atoms with van der Waals surface area (Å²) in [5.41, 5.74) is 14.5. The van der Waals surface area contributed by atoms with Gasteiger partial charge in [-0.25, -0.2) is 0 Å². The van der Waals surface area contributed by atoms with Crippen LogP contribution in [-0.2, 0) is 4.79 Å². The van der Waals surface area contributed by atoms with Gasteiger partial charge in [-0.3, -0.25) is 4.79 Å². The minimum Gasteiger partial charge on any atom is -0.481 e. The van der Waals surface area contributed by atoms with E-state index in [1.165, 1.54) is 9.79 Å². The molecule has 0 saturated heterocycles. The number of guanidine groups is 1. The predicted octanol–water partition coefficient (Wildman–Crippen LogP) is 2.98. The number of benzene rings is 2. The van der Waals surface area contributed by atoms with Crippen molar-refractivity contribution in [2.24, 2.45) is 21.7 Å². The van der Waals surface area contributed by atoms with E-state index in [0.717, 1.165) is 29.6 Å². The molecule has 0 fully saturated rings. The van der Waals surface area contributed by atoms with Gasteiger partial charge in [0.05, 0.1) is 17.1 Å². The van der Waals surface area contributed by atoms with Crippen molar-refractivity contribution >= 4 is 40.8 Å². The quantitative estimate of drug-likeness (QED) is 0.317. The number of hydrogen-bond acceptors (Lipinski definition) is 5. The first kappa shape index (κ1) is 18.3. The van der Waals surface area contributed by atoms with Gasteiger partial charge in [0.25, 0.3) is 5.97 Å². The van der Waals surface area contributed by atoms with Crippen LogP contribution in [0.3, 0.4) is 0 Å². The van der Waals surface area contributed by atoms with Gasteiger partial charge >= 0.3 is 0 Å². The Morgan fingerprint density at radius 1 is 1.04 bits per heavy atom. The number of para-hydroxylation sites is 1. The summed E-state index contributed by atoms with van der Waals surface area (Å²) in [6.45, 7) is 2.96. The van der Waals surface area contributed by atoms with Crippen molar-refractivity contribution in [3.8, 4) is 0 Å². The van der Waals surface area contributed by atoms with Crippen molar-refractivity contribution in [3.05, 3.63) is 48.0 Å². The molecule has 6 N–H and O–H groups in total. The van der Waals surface area contributed by atoms with Crippen molar-refractivity contribution in [1.82, 2.24) is 0 Å². The lowest BCUT2D eigenvalue weighted by atomic mass is 10.1. The third-order valence-electron chi connectivity index (χ3n) is 3.09. The predicted molar refractivity (Wildman–Crippen MR) is 102 cm³/mol. The maximum atomic E-state index is 9.00. The first-order chi connectivity index (χ1) is 11.9. The summed E-state index contributed by atoms with van der Waals surface area (Å²) >= 11 is 1.75. The second kappa shape index (κ2) is 8.20. The van der Waals surface area contributed by atoms with Crippen LogP contribution in [0.25, 0.3) is 0 Å². The third-order valence-corrected chi connectivity index (χ3v) is 4.24. The largest absolute Gasteiger partial charge is 0.481 e. The van der Waals surface area contributed by atoms with Gasteiger partial charge in [0.1, 0.15) is 0 Å². The highest BCUT2D eigenvalue weighted by atomic mass is 32.2. The lowest BCUT2D eigenvalue weighted by Gasteiger charge is -2.21. The minimum atomic E-state index is -0.833. The first-order valence-corrected chi connectivity index (χ1v) is 8.19. The standard InChI is InChI=1S/C15H15N5S.C2H4O2/c1-9(19-20-15(16)17)10-6-7-14-12(8-10)18-11-4-2-3-5-13(11)21-14;1-2(3)4/h2-8,18H,1H3,(H4,16,17,20);1H3,(H,3,4)/b19-9+;. The van der Waals surface area contributed by atoms with Gasteiger partial charge in [-0.05, 0) is 36.8 Å². The topological polar surface area (TPSA) is 126 Å². The molecular formula is C17H19N5O2S. The Morgan fingerprint density at radius 3 is 2.36 bits per heavy atom. The summed E-state index contributed by atoms with van der Waals surface area (Å²) in [5, 5.41) is 18.5. The highest BCUT2D eigenvalue weighted by Gasteiger charge is 2.15. The van der Waals surface area contributed by atoms with Gasteiger partial charge in [-0.2, -0.15) is 5.10 Å². The van der Waals surface area contributed by atoms with Crippen LogP contribution in [0.4, 0.5) is 11.4 Å². The van der Waals surface area contributed by atoms with Crippen LogP contribution in [0.15, 0.2) is 62.5 Å². The average Bonchev–Trinajstić information content (AvgIpc) is 2.56. The molecule has 3 rings (SSSR count). The van der Waals surface area contributed by atoms with Crippen LogP contribution >= 0.6 is 11.8 Å². The average molecular weight is 357 g/mol. The molecule has 7 nitrogen and oxygen atoms in total. The molecule has 0 spiro atoms. The second-order valence-corrected chi connectivity index (χ2v) is 6.25. The van der Waals surface area contributed by atoms with Crippen molar-refractivity contribution in [3.63, 3.8) is 0 Å². The molecule has 1 aliphatic rings. The molecule has 130 valence electrons. The summed E-state index contributed by atoms with van der Waals surface area (Å²) in [4.78, 5) is 11.4. The fourth-order valence-electron chi connectivity index (χ4n) is 2.05. The monoisotopic (exact) mass is 357 g/mol. The fourth-order valence-corrected chi connectivity index (χ4v) is 3.02. The van der Waals surface area contributed by atoms with Crippen LogP contribution in [-0.4, -0.2) is 22.7 Å². The fraction of sp³-hybridized carbons (Fsp3) is 0.118. The number of fused-ring (bicyclic) bond motifs is 2. The van der Waals surface area contributed by atoms with Gasteiger partial charge in [0, 0.05) is 16.7 Å². The minimum absolute atomic E-state index is 0.0464. The maximum absolute atomic E-state index is 9.00. The number of rotatable bonds is 2. The number of aliphatic carboxylic acids is 1. The Kier molecular flexibility index (Phi) is 6.02. The van der Waals surface area contributed by atoms with Crippen LogP contribution in [0, 0.1) is 0 Å². The third kappa shape index (κ3) is 5.25. The summed E-state index contributed by atoms with van der Waals surface area (Å²) in [5.74, 6) is -0.880. The summed E-state index contributed by atoms with van der Waals surface area (Å²) < 4.78 is 0. The molecule has 1 heterocycles.